The van der Waals surface area contributed by atoms with E-state index >= 15 is 0 Å². The van der Waals surface area contributed by atoms with Crippen LogP contribution in [0.4, 0.5) is 5.82 Å². The van der Waals surface area contributed by atoms with Crippen LogP contribution in [0.5, 0.6) is 0 Å². The van der Waals surface area contributed by atoms with Gasteiger partial charge in [0.05, 0.1) is 0 Å². The van der Waals surface area contributed by atoms with Gasteiger partial charge in [0, 0.05) is 16.8 Å². The molecule has 1 unspecified atom stereocenters. The molecular formula is C14H18N6. The molecule has 20 heavy (non-hydrogen) atoms. The SMILES string of the molecule is Cc1nnc2c3ccccc3c(NC(C)CCN)nn12. The summed E-state index contributed by atoms with van der Waals surface area (Å²) in [7, 11) is 0. The first-order chi connectivity index (χ1) is 9.70. The summed E-state index contributed by atoms with van der Waals surface area (Å²) in [6, 6.07) is 8.36. The number of nitrogens with one attached hydrogen (secondary N) is 1. The highest BCUT2D eigenvalue weighted by Gasteiger charge is 2.13. The first-order valence-electron chi connectivity index (χ1n) is 6.78. The lowest BCUT2D eigenvalue weighted by Gasteiger charge is -2.15. The van der Waals surface area contributed by atoms with Crippen LogP contribution in [-0.4, -0.2) is 32.4 Å². The standard InChI is InChI=1S/C14H18N6/c1-9(7-8-15)16-13-11-5-3-4-6-12(11)14-18-17-10(2)20(14)19-13/h3-6,9H,7-8,15H2,1-2H3,(H,16,19). The van der Waals surface area contributed by atoms with Crippen LogP contribution in [0.2, 0.25) is 0 Å². The molecule has 2 heterocycles. The molecule has 0 radical (unpaired) electrons. The van der Waals surface area contributed by atoms with E-state index in [1.165, 1.54) is 0 Å². The Morgan fingerprint density at radius 3 is 2.75 bits per heavy atom. The Hall–Kier alpha value is -2.21. The lowest BCUT2D eigenvalue weighted by molar-refractivity contribution is 0.709. The minimum atomic E-state index is 0.269. The molecule has 0 saturated carbocycles. The minimum Gasteiger partial charge on any atom is -0.366 e. The molecule has 0 fully saturated rings. The largest absolute Gasteiger partial charge is 0.366 e. The molecule has 3 N–H and O–H groups in total. The Kier molecular flexibility index (Phi) is 3.23. The lowest BCUT2D eigenvalue weighted by Crippen LogP contribution is -2.20. The maximum absolute atomic E-state index is 5.61. The van der Waals surface area contributed by atoms with Crippen LogP contribution in [-0.2, 0) is 0 Å². The average Bonchev–Trinajstić information content (AvgIpc) is 2.81. The highest BCUT2D eigenvalue weighted by Crippen LogP contribution is 2.25. The maximum Gasteiger partial charge on any atom is 0.185 e. The highest BCUT2D eigenvalue weighted by atomic mass is 15.4. The molecule has 2 aromatic heterocycles. The zero-order valence-electron chi connectivity index (χ0n) is 11.7. The number of rotatable bonds is 4. The van der Waals surface area contributed by atoms with Gasteiger partial charge in [-0.05, 0) is 26.8 Å². The fourth-order valence-corrected chi connectivity index (χ4v) is 2.35. The van der Waals surface area contributed by atoms with Gasteiger partial charge in [-0.1, -0.05) is 24.3 Å². The van der Waals surface area contributed by atoms with Crippen LogP contribution in [0.1, 0.15) is 19.2 Å². The number of hydrogen-bond donors (Lipinski definition) is 2. The number of nitrogens with zero attached hydrogens (tertiary/aromatic N) is 4. The Morgan fingerprint density at radius 2 is 2.00 bits per heavy atom. The van der Waals surface area contributed by atoms with Crippen LogP contribution in [0, 0.1) is 6.92 Å². The average molecular weight is 270 g/mol. The molecule has 104 valence electrons. The van der Waals surface area contributed by atoms with Crippen molar-refractivity contribution >= 4 is 22.2 Å². The minimum absolute atomic E-state index is 0.269. The topological polar surface area (TPSA) is 81.1 Å². The van der Waals surface area contributed by atoms with Crippen molar-refractivity contribution in [3.63, 3.8) is 0 Å². The van der Waals surface area contributed by atoms with Gasteiger partial charge in [-0.25, -0.2) is 0 Å². The third-order valence-corrected chi connectivity index (χ3v) is 3.40. The van der Waals surface area contributed by atoms with E-state index in [0.29, 0.717) is 6.54 Å². The molecule has 0 bridgehead atoms. The number of aryl methyl sites for hydroxylation is 1. The summed E-state index contributed by atoms with van der Waals surface area (Å²) >= 11 is 0. The molecule has 3 rings (SSSR count). The van der Waals surface area contributed by atoms with Crippen LogP contribution in [0.15, 0.2) is 24.3 Å². The van der Waals surface area contributed by atoms with Gasteiger partial charge in [0.25, 0.3) is 0 Å². The van der Waals surface area contributed by atoms with Gasteiger partial charge in [0.2, 0.25) is 0 Å². The van der Waals surface area contributed by atoms with Crippen LogP contribution >= 0.6 is 0 Å². The quantitative estimate of drug-likeness (QED) is 0.754. The van der Waals surface area contributed by atoms with Crippen molar-refractivity contribution in [3.8, 4) is 0 Å². The summed E-state index contributed by atoms with van der Waals surface area (Å²) in [6.45, 7) is 4.65. The normalized spacial score (nSPS) is 12.9. The number of fused-ring (bicyclic) bond motifs is 3. The van der Waals surface area contributed by atoms with Crippen molar-refractivity contribution in [2.75, 3.05) is 11.9 Å². The third-order valence-electron chi connectivity index (χ3n) is 3.40. The van der Waals surface area contributed by atoms with Crippen molar-refractivity contribution < 1.29 is 0 Å². The number of hydrogen-bond acceptors (Lipinski definition) is 5. The second-order valence-electron chi connectivity index (χ2n) is 5.00. The fraction of sp³-hybridized carbons (Fsp3) is 0.357. The van der Waals surface area contributed by atoms with E-state index in [1.807, 2.05) is 31.2 Å². The van der Waals surface area contributed by atoms with E-state index in [4.69, 9.17) is 5.73 Å². The van der Waals surface area contributed by atoms with Gasteiger partial charge in [0.1, 0.15) is 0 Å². The first kappa shape index (κ1) is 12.8. The molecule has 0 aliphatic carbocycles. The van der Waals surface area contributed by atoms with E-state index in [0.717, 1.165) is 34.5 Å². The Balaban J connectivity index is 2.19. The predicted octanol–water partition coefficient (Wildman–Crippen LogP) is 1.74. The van der Waals surface area contributed by atoms with Crippen molar-refractivity contribution in [3.05, 3.63) is 30.1 Å². The van der Waals surface area contributed by atoms with Crippen molar-refractivity contribution in [1.82, 2.24) is 19.8 Å². The van der Waals surface area contributed by atoms with Gasteiger partial charge < -0.3 is 11.1 Å². The summed E-state index contributed by atoms with van der Waals surface area (Å²) in [5.41, 5.74) is 6.40. The van der Waals surface area contributed by atoms with Crippen LogP contribution < -0.4 is 11.1 Å². The van der Waals surface area contributed by atoms with E-state index in [1.54, 1.807) is 4.52 Å². The second kappa shape index (κ2) is 5.05. The zero-order chi connectivity index (χ0) is 14.1. The summed E-state index contributed by atoms with van der Waals surface area (Å²) in [6.07, 6.45) is 0.898. The fourth-order valence-electron chi connectivity index (χ4n) is 2.35. The van der Waals surface area contributed by atoms with Crippen LogP contribution in [0.3, 0.4) is 0 Å². The molecule has 0 aliphatic rings. The van der Waals surface area contributed by atoms with Crippen molar-refractivity contribution in [1.29, 1.82) is 0 Å². The van der Waals surface area contributed by atoms with Gasteiger partial charge >= 0.3 is 0 Å². The molecular weight excluding hydrogens is 252 g/mol. The Morgan fingerprint density at radius 1 is 1.25 bits per heavy atom. The first-order valence-corrected chi connectivity index (χ1v) is 6.78. The van der Waals surface area contributed by atoms with Crippen molar-refractivity contribution in [2.45, 2.75) is 26.3 Å². The van der Waals surface area contributed by atoms with Gasteiger partial charge in [0.15, 0.2) is 17.3 Å². The molecule has 6 heteroatoms. The predicted molar refractivity (Wildman–Crippen MR) is 79.8 cm³/mol. The van der Waals surface area contributed by atoms with Gasteiger partial charge in [-0.3, -0.25) is 0 Å². The Labute approximate surface area is 117 Å². The molecule has 1 aromatic carbocycles. The molecule has 1 atom stereocenters. The molecule has 0 aliphatic heterocycles. The third kappa shape index (κ3) is 2.08. The van der Waals surface area contributed by atoms with E-state index in [2.05, 4.69) is 27.5 Å². The molecule has 6 nitrogen and oxygen atoms in total. The molecule has 0 saturated heterocycles. The second-order valence-corrected chi connectivity index (χ2v) is 5.00. The monoisotopic (exact) mass is 270 g/mol. The zero-order valence-corrected chi connectivity index (χ0v) is 11.7. The Bertz CT molecular complexity index is 748. The number of anilines is 1. The van der Waals surface area contributed by atoms with E-state index in [-0.39, 0.29) is 6.04 Å². The maximum atomic E-state index is 5.61. The smallest absolute Gasteiger partial charge is 0.185 e. The summed E-state index contributed by atoms with van der Waals surface area (Å²) in [4.78, 5) is 0. The highest BCUT2D eigenvalue weighted by molar-refractivity contribution is 5.99. The lowest BCUT2D eigenvalue weighted by atomic mass is 10.1. The summed E-state index contributed by atoms with van der Waals surface area (Å²) < 4.78 is 1.78. The number of nitrogens with two attached hydrogens (primary N) is 1. The number of benzene rings is 1. The molecule has 3 aromatic rings. The van der Waals surface area contributed by atoms with E-state index in [9.17, 15) is 0 Å². The van der Waals surface area contributed by atoms with Crippen LogP contribution in [0.25, 0.3) is 16.4 Å². The number of aromatic nitrogens is 4. The summed E-state index contributed by atoms with van der Waals surface area (Å²) in [5, 5.41) is 18.5. The molecule has 0 spiro atoms. The van der Waals surface area contributed by atoms with Crippen molar-refractivity contribution in [2.24, 2.45) is 5.73 Å². The van der Waals surface area contributed by atoms with Gasteiger partial charge in [-0.15, -0.1) is 15.3 Å². The van der Waals surface area contributed by atoms with E-state index < -0.39 is 0 Å². The summed E-state index contributed by atoms with van der Waals surface area (Å²) in [5.74, 6) is 1.62. The van der Waals surface area contributed by atoms with Gasteiger partial charge in [-0.2, -0.15) is 4.52 Å². The molecule has 0 amide bonds.